The smallest absolute Gasteiger partial charge is 0.0969 e. The Morgan fingerprint density at radius 3 is 2.12 bits per heavy atom. The molecule has 0 bridgehead atoms. The molecular weight excluding hydrogens is 294 g/mol. The molecular formula is C13H22BrNOSi. The molecule has 0 saturated heterocycles. The van der Waals surface area contributed by atoms with Crippen LogP contribution in [0.3, 0.4) is 0 Å². The summed E-state index contributed by atoms with van der Waals surface area (Å²) in [6, 6.07) is 8.82. The second kappa shape index (κ2) is 5.65. The first-order chi connectivity index (χ1) is 7.80. The molecule has 1 atom stereocenters. The maximum Gasteiger partial charge on any atom is 0.0969 e. The quantitative estimate of drug-likeness (QED) is 0.648. The van der Waals surface area contributed by atoms with Crippen LogP contribution in [0.5, 0.6) is 0 Å². The average Bonchev–Trinajstić information content (AvgIpc) is 2.27. The van der Waals surface area contributed by atoms with Crippen molar-refractivity contribution < 1.29 is 5.11 Å². The van der Waals surface area contributed by atoms with Gasteiger partial charge in [0.05, 0.1) is 5.60 Å². The van der Waals surface area contributed by atoms with Crippen LogP contribution in [0.15, 0.2) is 24.3 Å². The number of halogens is 1. The molecule has 4 heteroatoms. The molecule has 0 saturated carbocycles. The summed E-state index contributed by atoms with van der Waals surface area (Å²) in [6.45, 7) is 7.36. The molecule has 96 valence electrons. The van der Waals surface area contributed by atoms with Gasteiger partial charge in [-0.15, -0.1) is 0 Å². The summed E-state index contributed by atoms with van der Waals surface area (Å²) in [5.41, 5.74) is 6.90. The van der Waals surface area contributed by atoms with Gasteiger partial charge in [-0.1, -0.05) is 59.8 Å². The van der Waals surface area contributed by atoms with Crippen molar-refractivity contribution in [3.8, 4) is 0 Å². The van der Waals surface area contributed by atoms with E-state index < -0.39 is 13.7 Å². The maximum atomic E-state index is 10.7. The lowest BCUT2D eigenvalue weighted by Crippen LogP contribution is -2.37. The third kappa shape index (κ3) is 4.21. The highest BCUT2D eigenvalue weighted by molar-refractivity contribution is 9.09. The van der Waals surface area contributed by atoms with Gasteiger partial charge in [0, 0.05) is 19.9 Å². The number of hydrogen-bond acceptors (Lipinski definition) is 2. The monoisotopic (exact) mass is 315 g/mol. The van der Waals surface area contributed by atoms with E-state index in [0.717, 1.165) is 17.2 Å². The topological polar surface area (TPSA) is 46.2 Å². The van der Waals surface area contributed by atoms with Gasteiger partial charge in [0.2, 0.25) is 0 Å². The zero-order chi connectivity index (χ0) is 13.1. The number of benzene rings is 1. The largest absolute Gasteiger partial charge is 0.385 e. The van der Waals surface area contributed by atoms with Gasteiger partial charge in [0.25, 0.3) is 0 Å². The number of aliphatic hydroxyl groups is 1. The van der Waals surface area contributed by atoms with Crippen molar-refractivity contribution in [2.75, 3.05) is 5.33 Å². The summed E-state index contributed by atoms with van der Waals surface area (Å²) in [6.07, 6.45) is 0. The van der Waals surface area contributed by atoms with Gasteiger partial charge in [-0.3, -0.25) is 0 Å². The Bertz CT molecular complexity index is 361. The van der Waals surface area contributed by atoms with Gasteiger partial charge >= 0.3 is 0 Å². The fourth-order valence-electron chi connectivity index (χ4n) is 2.05. The van der Waals surface area contributed by atoms with Gasteiger partial charge in [-0.05, 0) is 17.2 Å². The average molecular weight is 316 g/mol. The maximum absolute atomic E-state index is 10.7. The van der Waals surface area contributed by atoms with E-state index in [-0.39, 0.29) is 0 Å². The Balaban J connectivity index is 2.99. The van der Waals surface area contributed by atoms with Crippen molar-refractivity contribution in [2.45, 2.75) is 37.8 Å². The third-order valence-electron chi connectivity index (χ3n) is 2.77. The Hall–Kier alpha value is -0.163. The second-order valence-corrected chi connectivity index (χ2v) is 11.8. The molecule has 1 aromatic rings. The normalized spacial score (nSPS) is 15.6. The van der Waals surface area contributed by atoms with Crippen LogP contribution in [0, 0.1) is 0 Å². The van der Waals surface area contributed by atoms with Crippen molar-refractivity contribution >= 4 is 24.0 Å². The first-order valence-electron chi connectivity index (χ1n) is 5.88. The van der Waals surface area contributed by atoms with E-state index in [2.05, 4.69) is 35.6 Å². The lowest BCUT2D eigenvalue weighted by Gasteiger charge is -2.32. The summed E-state index contributed by atoms with van der Waals surface area (Å²) in [7, 11) is -1.32. The first kappa shape index (κ1) is 14.9. The SMILES string of the molecule is C[Si](C)(C)CC(O)(CBr)c1ccc(CN)cc1. The zero-order valence-corrected chi connectivity index (χ0v) is 13.4. The van der Waals surface area contributed by atoms with Gasteiger partial charge in [-0.2, -0.15) is 0 Å². The number of alkyl halides is 1. The van der Waals surface area contributed by atoms with E-state index in [9.17, 15) is 5.11 Å². The lowest BCUT2D eigenvalue weighted by molar-refractivity contribution is 0.0837. The van der Waals surface area contributed by atoms with Crippen LogP contribution in [-0.2, 0) is 12.1 Å². The molecule has 0 aliphatic rings. The van der Waals surface area contributed by atoms with E-state index in [1.54, 1.807) is 0 Å². The molecule has 0 aromatic heterocycles. The second-order valence-electron chi connectivity index (χ2n) is 5.80. The highest BCUT2D eigenvalue weighted by Crippen LogP contribution is 2.32. The predicted octanol–water partition coefficient (Wildman–Crippen LogP) is 3.07. The summed E-state index contributed by atoms with van der Waals surface area (Å²) < 4.78 is 0. The van der Waals surface area contributed by atoms with E-state index in [0.29, 0.717) is 11.9 Å². The van der Waals surface area contributed by atoms with Crippen molar-refractivity contribution in [1.82, 2.24) is 0 Å². The fraction of sp³-hybridized carbons (Fsp3) is 0.538. The molecule has 1 aromatic carbocycles. The standard InChI is InChI=1S/C13H22BrNOSi/c1-17(2,3)10-13(16,9-14)12-6-4-11(8-15)5-7-12/h4-7,16H,8-10,15H2,1-3H3. The Labute approximate surface area is 113 Å². The summed E-state index contributed by atoms with van der Waals surface area (Å²) in [5, 5.41) is 11.3. The molecule has 3 N–H and O–H groups in total. The Kier molecular flexibility index (Phi) is 4.95. The minimum atomic E-state index is -1.32. The molecule has 1 rings (SSSR count). The van der Waals surface area contributed by atoms with Crippen LogP contribution < -0.4 is 5.73 Å². The van der Waals surface area contributed by atoms with Gasteiger partial charge < -0.3 is 10.8 Å². The molecule has 0 amide bonds. The van der Waals surface area contributed by atoms with Crippen molar-refractivity contribution in [2.24, 2.45) is 5.73 Å². The van der Waals surface area contributed by atoms with Crippen LogP contribution >= 0.6 is 15.9 Å². The van der Waals surface area contributed by atoms with Gasteiger partial charge in [0.15, 0.2) is 0 Å². The third-order valence-corrected chi connectivity index (χ3v) is 5.34. The molecule has 17 heavy (non-hydrogen) atoms. The fourth-order valence-corrected chi connectivity index (χ4v) is 5.03. The lowest BCUT2D eigenvalue weighted by atomic mass is 9.97. The van der Waals surface area contributed by atoms with E-state index in [1.807, 2.05) is 24.3 Å². The van der Waals surface area contributed by atoms with Gasteiger partial charge in [0.1, 0.15) is 0 Å². The van der Waals surface area contributed by atoms with E-state index in [1.165, 1.54) is 0 Å². The molecule has 2 nitrogen and oxygen atoms in total. The number of hydrogen-bond donors (Lipinski definition) is 2. The van der Waals surface area contributed by atoms with E-state index >= 15 is 0 Å². The van der Waals surface area contributed by atoms with Crippen LogP contribution in [-0.4, -0.2) is 18.5 Å². The van der Waals surface area contributed by atoms with Crippen LogP contribution in [0.2, 0.25) is 25.7 Å². The number of nitrogens with two attached hydrogens (primary N) is 1. The highest BCUT2D eigenvalue weighted by atomic mass is 79.9. The van der Waals surface area contributed by atoms with Crippen molar-refractivity contribution in [3.05, 3.63) is 35.4 Å². The summed E-state index contributed by atoms with van der Waals surface area (Å²) in [5.74, 6) is 0. The van der Waals surface area contributed by atoms with Crippen molar-refractivity contribution in [3.63, 3.8) is 0 Å². The Morgan fingerprint density at radius 1 is 1.24 bits per heavy atom. The molecule has 0 fully saturated rings. The molecule has 0 aliphatic heterocycles. The highest BCUT2D eigenvalue weighted by Gasteiger charge is 2.33. The predicted molar refractivity (Wildman–Crippen MR) is 80.2 cm³/mol. The molecule has 1 unspecified atom stereocenters. The molecule has 0 heterocycles. The summed E-state index contributed by atoms with van der Waals surface area (Å²) >= 11 is 3.44. The van der Waals surface area contributed by atoms with Crippen LogP contribution in [0.1, 0.15) is 11.1 Å². The van der Waals surface area contributed by atoms with Gasteiger partial charge in [-0.25, -0.2) is 0 Å². The van der Waals surface area contributed by atoms with E-state index in [4.69, 9.17) is 5.73 Å². The zero-order valence-electron chi connectivity index (χ0n) is 10.8. The first-order valence-corrected chi connectivity index (χ1v) is 10.7. The molecule has 0 aliphatic carbocycles. The van der Waals surface area contributed by atoms with Crippen molar-refractivity contribution in [1.29, 1.82) is 0 Å². The van der Waals surface area contributed by atoms with Crippen LogP contribution in [0.4, 0.5) is 0 Å². The minimum Gasteiger partial charge on any atom is -0.385 e. The Morgan fingerprint density at radius 2 is 1.76 bits per heavy atom. The minimum absolute atomic E-state index is 0.543. The number of rotatable bonds is 5. The summed E-state index contributed by atoms with van der Waals surface area (Å²) in [4.78, 5) is 0. The van der Waals surface area contributed by atoms with Crippen LogP contribution in [0.25, 0.3) is 0 Å². The molecule has 0 radical (unpaired) electrons. The molecule has 0 spiro atoms.